The molecule has 90 valence electrons. The Labute approximate surface area is 110 Å². The molecule has 16 heavy (non-hydrogen) atoms. The van der Waals surface area contributed by atoms with Crippen LogP contribution in [-0.2, 0) is 6.54 Å². The van der Waals surface area contributed by atoms with E-state index in [-0.39, 0.29) is 0 Å². The first kappa shape index (κ1) is 12.6. The molecule has 0 radical (unpaired) electrons. The van der Waals surface area contributed by atoms with Crippen LogP contribution in [-0.4, -0.2) is 39.1 Å². The highest BCUT2D eigenvalue weighted by atomic mass is 35.5. The maximum Gasteiger partial charge on any atom is 0.138 e. The lowest BCUT2D eigenvalue weighted by Crippen LogP contribution is -2.29. The van der Waals surface area contributed by atoms with Crippen LogP contribution in [0.1, 0.15) is 25.0 Å². The lowest BCUT2D eigenvalue weighted by molar-refractivity contribution is 0.235. The minimum atomic E-state index is 0.676. The summed E-state index contributed by atoms with van der Waals surface area (Å²) >= 11 is 9.26. The first-order chi connectivity index (χ1) is 7.70. The van der Waals surface area contributed by atoms with Crippen molar-refractivity contribution in [2.24, 2.45) is 0 Å². The largest absolute Gasteiger partial charge is 0.297 e. The third-order valence-electron chi connectivity index (χ3n) is 3.22. The van der Waals surface area contributed by atoms with Crippen LogP contribution in [0.25, 0.3) is 0 Å². The molecular formula is C10H16ClN3S2. The molecule has 6 heteroatoms. The minimum Gasteiger partial charge on any atom is -0.297 e. The number of nitrogens with zero attached hydrogens (tertiary/aromatic N) is 3. The van der Waals surface area contributed by atoms with Crippen molar-refractivity contribution in [3.05, 3.63) is 10.0 Å². The molecular weight excluding hydrogens is 262 g/mol. The lowest BCUT2D eigenvalue weighted by atomic mass is 10.2. The molecule has 3 nitrogen and oxygen atoms in total. The summed E-state index contributed by atoms with van der Waals surface area (Å²) in [5, 5.41) is 4.89. The summed E-state index contributed by atoms with van der Waals surface area (Å²) in [5.74, 6) is 0. The van der Waals surface area contributed by atoms with Crippen LogP contribution < -0.4 is 0 Å². The zero-order valence-corrected chi connectivity index (χ0v) is 11.9. The van der Waals surface area contributed by atoms with Crippen LogP contribution in [0.5, 0.6) is 0 Å². The highest BCUT2D eigenvalue weighted by Crippen LogP contribution is 2.31. The fourth-order valence-electron chi connectivity index (χ4n) is 2.19. The molecule has 0 amide bonds. The summed E-state index contributed by atoms with van der Waals surface area (Å²) in [4.78, 5) is 2.36. The first-order valence-corrected chi connectivity index (χ1v) is 7.84. The van der Waals surface area contributed by atoms with Crippen LogP contribution in [0.15, 0.2) is 0 Å². The van der Waals surface area contributed by atoms with Gasteiger partial charge in [0.15, 0.2) is 0 Å². The standard InChI is InChI=1S/C10H16ClN3S2/c1-14(6-9-10(11)16-13-12-9)7-3-4-8(5-7)15-2/h7-8H,3-6H2,1-2H3/t7-,8-/m0/s1. The van der Waals surface area contributed by atoms with Gasteiger partial charge < -0.3 is 0 Å². The smallest absolute Gasteiger partial charge is 0.138 e. The Morgan fingerprint density at radius 2 is 2.38 bits per heavy atom. The van der Waals surface area contributed by atoms with Crippen molar-refractivity contribution in [1.29, 1.82) is 0 Å². The Hall–Kier alpha value is 0.160. The SMILES string of the molecule is CS[C@H]1CC[C@H](N(C)Cc2nnsc2Cl)C1. The molecule has 2 atom stereocenters. The lowest BCUT2D eigenvalue weighted by Gasteiger charge is -2.23. The Morgan fingerprint density at radius 3 is 2.94 bits per heavy atom. The van der Waals surface area contributed by atoms with Gasteiger partial charge in [-0.25, -0.2) is 0 Å². The number of hydrogen-bond donors (Lipinski definition) is 0. The molecule has 2 rings (SSSR count). The van der Waals surface area contributed by atoms with E-state index in [4.69, 9.17) is 11.6 Å². The molecule has 1 aliphatic rings. The number of aromatic nitrogens is 2. The number of hydrogen-bond acceptors (Lipinski definition) is 5. The van der Waals surface area contributed by atoms with Crippen molar-refractivity contribution in [2.45, 2.75) is 37.1 Å². The summed E-state index contributed by atoms with van der Waals surface area (Å²) in [6.45, 7) is 0.821. The van der Waals surface area contributed by atoms with Crippen LogP contribution in [0.3, 0.4) is 0 Å². The second kappa shape index (κ2) is 5.67. The van der Waals surface area contributed by atoms with E-state index < -0.39 is 0 Å². The van der Waals surface area contributed by atoms with E-state index in [1.807, 2.05) is 11.8 Å². The molecule has 1 aliphatic carbocycles. The monoisotopic (exact) mass is 277 g/mol. The minimum absolute atomic E-state index is 0.676. The fourth-order valence-corrected chi connectivity index (χ4v) is 3.59. The topological polar surface area (TPSA) is 29.0 Å². The Bertz CT molecular complexity index is 345. The van der Waals surface area contributed by atoms with Gasteiger partial charge in [-0.15, -0.1) is 5.10 Å². The van der Waals surface area contributed by atoms with E-state index >= 15 is 0 Å². The zero-order valence-electron chi connectivity index (χ0n) is 9.52. The predicted octanol–water partition coefficient (Wildman–Crippen LogP) is 2.91. The van der Waals surface area contributed by atoms with Crippen molar-refractivity contribution < 1.29 is 0 Å². The molecule has 0 unspecified atom stereocenters. The summed E-state index contributed by atoms with van der Waals surface area (Å²) in [7, 11) is 2.16. The third-order valence-corrected chi connectivity index (χ3v) is 5.30. The predicted molar refractivity (Wildman–Crippen MR) is 71.3 cm³/mol. The van der Waals surface area contributed by atoms with Gasteiger partial charge in [-0.1, -0.05) is 16.1 Å². The highest BCUT2D eigenvalue weighted by Gasteiger charge is 2.27. The summed E-state index contributed by atoms with van der Waals surface area (Å²) < 4.78 is 4.59. The Balaban J connectivity index is 1.89. The van der Waals surface area contributed by atoms with Gasteiger partial charge in [0.05, 0.1) is 0 Å². The molecule has 1 saturated carbocycles. The van der Waals surface area contributed by atoms with Gasteiger partial charge in [0.1, 0.15) is 10.0 Å². The fraction of sp³-hybridized carbons (Fsp3) is 0.800. The van der Waals surface area contributed by atoms with Crippen molar-refractivity contribution in [2.75, 3.05) is 13.3 Å². The van der Waals surface area contributed by atoms with E-state index in [9.17, 15) is 0 Å². The van der Waals surface area contributed by atoms with Gasteiger partial charge in [0.2, 0.25) is 0 Å². The van der Waals surface area contributed by atoms with Gasteiger partial charge in [0.25, 0.3) is 0 Å². The summed E-state index contributed by atoms with van der Waals surface area (Å²) in [6, 6.07) is 0.676. The maximum absolute atomic E-state index is 6.01. The normalized spacial score (nSPS) is 25.5. The van der Waals surface area contributed by atoms with Gasteiger partial charge in [-0.2, -0.15) is 11.8 Å². The molecule has 0 aliphatic heterocycles. The summed E-state index contributed by atoms with van der Waals surface area (Å²) in [6.07, 6.45) is 6.11. The molecule has 0 N–H and O–H groups in total. The molecule has 1 aromatic rings. The Morgan fingerprint density at radius 1 is 1.56 bits per heavy atom. The van der Waals surface area contributed by atoms with Crippen molar-refractivity contribution in [3.63, 3.8) is 0 Å². The van der Waals surface area contributed by atoms with Gasteiger partial charge in [0, 0.05) is 29.4 Å². The molecule has 0 saturated heterocycles. The average Bonchev–Trinajstić information content (AvgIpc) is 2.88. The molecule has 0 spiro atoms. The van der Waals surface area contributed by atoms with Crippen molar-refractivity contribution in [1.82, 2.24) is 14.5 Å². The second-order valence-corrected chi connectivity index (χ2v) is 6.73. The van der Waals surface area contributed by atoms with E-state index in [0.29, 0.717) is 6.04 Å². The zero-order chi connectivity index (χ0) is 11.5. The molecule has 0 bridgehead atoms. The van der Waals surface area contributed by atoms with Crippen molar-refractivity contribution in [3.8, 4) is 0 Å². The molecule has 0 aromatic carbocycles. The molecule has 1 aromatic heterocycles. The van der Waals surface area contributed by atoms with E-state index in [0.717, 1.165) is 21.8 Å². The number of thioether (sulfide) groups is 1. The van der Waals surface area contributed by atoms with Gasteiger partial charge in [-0.05, 0) is 32.6 Å². The second-order valence-electron chi connectivity index (χ2n) is 4.23. The molecule has 1 fully saturated rings. The Kier molecular flexibility index (Phi) is 4.47. The van der Waals surface area contributed by atoms with Gasteiger partial charge in [-0.3, -0.25) is 4.90 Å². The molecule has 1 heterocycles. The van der Waals surface area contributed by atoms with Gasteiger partial charge >= 0.3 is 0 Å². The van der Waals surface area contributed by atoms with Crippen LogP contribution >= 0.6 is 34.9 Å². The number of rotatable bonds is 4. The van der Waals surface area contributed by atoms with Crippen LogP contribution in [0, 0.1) is 0 Å². The van der Waals surface area contributed by atoms with E-state index in [2.05, 4.69) is 27.8 Å². The first-order valence-electron chi connectivity index (χ1n) is 5.40. The van der Waals surface area contributed by atoms with Crippen LogP contribution in [0.2, 0.25) is 4.34 Å². The van der Waals surface area contributed by atoms with Crippen molar-refractivity contribution >= 4 is 34.9 Å². The third kappa shape index (κ3) is 2.88. The van der Waals surface area contributed by atoms with E-state index in [1.54, 1.807) is 0 Å². The van der Waals surface area contributed by atoms with Crippen LogP contribution in [0.4, 0.5) is 0 Å². The quantitative estimate of drug-likeness (QED) is 0.846. The maximum atomic E-state index is 6.01. The van der Waals surface area contributed by atoms with E-state index in [1.165, 1.54) is 30.8 Å². The average molecular weight is 278 g/mol. The highest BCUT2D eigenvalue weighted by molar-refractivity contribution is 7.99. The summed E-state index contributed by atoms with van der Waals surface area (Å²) in [5.41, 5.74) is 0.918. The number of halogens is 1.